The maximum atomic E-state index is 13.7. The van der Waals surface area contributed by atoms with Crippen LogP contribution >= 0.6 is 11.3 Å². The molecule has 0 atom stereocenters. The van der Waals surface area contributed by atoms with E-state index in [9.17, 15) is 9.18 Å². The first-order chi connectivity index (χ1) is 15.9. The van der Waals surface area contributed by atoms with Crippen LogP contribution in [0.15, 0.2) is 30.5 Å². The summed E-state index contributed by atoms with van der Waals surface area (Å²) < 4.78 is 13.7. The molecule has 1 aromatic carbocycles. The number of hydrogen-bond acceptors (Lipinski definition) is 8. The lowest BCUT2D eigenvalue weighted by Crippen LogP contribution is -2.47. The third kappa shape index (κ3) is 5.70. The SMILES string of the molecule is Cc1nc(Cc2ncc(C(=O)Nc3cccc(F)c3C)s2)cc(N2CCN(CCO)CC2)n1. The topological polar surface area (TPSA) is 94.5 Å². The molecule has 2 aromatic heterocycles. The fourth-order valence-electron chi connectivity index (χ4n) is 3.79. The van der Waals surface area contributed by atoms with Crippen LogP contribution in [0.3, 0.4) is 0 Å². The van der Waals surface area contributed by atoms with Gasteiger partial charge in [-0.1, -0.05) is 6.07 Å². The molecule has 1 aliphatic rings. The van der Waals surface area contributed by atoms with E-state index in [4.69, 9.17) is 5.11 Å². The van der Waals surface area contributed by atoms with Gasteiger partial charge < -0.3 is 15.3 Å². The van der Waals surface area contributed by atoms with Crippen molar-refractivity contribution in [2.75, 3.05) is 49.5 Å². The Balaban J connectivity index is 1.42. The maximum absolute atomic E-state index is 13.7. The molecule has 1 aliphatic heterocycles. The number of aromatic nitrogens is 3. The number of piperazine rings is 1. The van der Waals surface area contributed by atoms with Gasteiger partial charge in [-0.2, -0.15) is 0 Å². The first-order valence-corrected chi connectivity index (χ1v) is 11.7. The van der Waals surface area contributed by atoms with E-state index in [0.717, 1.165) is 42.7 Å². The largest absolute Gasteiger partial charge is 0.395 e. The number of aliphatic hydroxyl groups is 1. The van der Waals surface area contributed by atoms with E-state index in [-0.39, 0.29) is 18.3 Å². The minimum Gasteiger partial charge on any atom is -0.395 e. The molecule has 2 N–H and O–H groups in total. The van der Waals surface area contributed by atoms with Gasteiger partial charge in [0.05, 0.1) is 23.5 Å². The highest BCUT2D eigenvalue weighted by molar-refractivity contribution is 7.13. The minimum absolute atomic E-state index is 0.173. The number of rotatable bonds is 7. The number of halogens is 1. The summed E-state index contributed by atoms with van der Waals surface area (Å²) in [6.07, 6.45) is 2.04. The van der Waals surface area contributed by atoms with Crippen molar-refractivity contribution >= 4 is 28.7 Å². The number of aliphatic hydroxyl groups excluding tert-OH is 1. The Morgan fingerprint density at radius 2 is 2.00 bits per heavy atom. The molecule has 0 unspecified atom stereocenters. The lowest BCUT2D eigenvalue weighted by atomic mass is 10.2. The van der Waals surface area contributed by atoms with Crippen molar-refractivity contribution in [1.29, 1.82) is 0 Å². The Morgan fingerprint density at radius 1 is 1.21 bits per heavy atom. The number of nitrogens with zero attached hydrogens (tertiary/aromatic N) is 5. The number of hydrogen-bond donors (Lipinski definition) is 2. The molecule has 3 aromatic rings. The van der Waals surface area contributed by atoms with Gasteiger partial charge in [0.25, 0.3) is 5.91 Å². The molecular weight excluding hydrogens is 443 g/mol. The Labute approximate surface area is 196 Å². The van der Waals surface area contributed by atoms with Crippen LogP contribution in [0, 0.1) is 19.7 Å². The molecular formula is C23H27FN6O2S. The second kappa shape index (κ2) is 10.3. The third-order valence-corrected chi connectivity index (χ3v) is 6.61. The fraction of sp³-hybridized carbons (Fsp3) is 0.391. The van der Waals surface area contributed by atoms with Crippen molar-refractivity contribution < 1.29 is 14.3 Å². The van der Waals surface area contributed by atoms with Crippen LogP contribution in [-0.4, -0.2) is 70.2 Å². The van der Waals surface area contributed by atoms with Gasteiger partial charge in [0.2, 0.25) is 0 Å². The molecule has 0 aliphatic carbocycles. The molecule has 0 radical (unpaired) electrons. The predicted molar refractivity (Wildman–Crippen MR) is 127 cm³/mol. The van der Waals surface area contributed by atoms with Crippen LogP contribution in [0.2, 0.25) is 0 Å². The Hall–Kier alpha value is -2.95. The zero-order valence-electron chi connectivity index (χ0n) is 18.7. The van der Waals surface area contributed by atoms with Crippen LogP contribution in [-0.2, 0) is 6.42 Å². The fourth-order valence-corrected chi connectivity index (χ4v) is 4.61. The zero-order chi connectivity index (χ0) is 23.4. The van der Waals surface area contributed by atoms with Crippen molar-refractivity contribution in [1.82, 2.24) is 19.9 Å². The number of aryl methyl sites for hydroxylation is 1. The molecule has 0 saturated carbocycles. The van der Waals surface area contributed by atoms with Gasteiger partial charge in [-0.05, 0) is 26.0 Å². The van der Waals surface area contributed by atoms with Gasteiger partial charge in [-0.15, -0.1) is 11.3 Å². The number of β-amino-alcohol motifs (C(OH)–C–C–N with tert-alkyl or cyclic N) is 1. The van der Waals surface area contributed by atoms with E-state index >= 15 is 0 Å². The van der Waals surface area contributed by atoms with Crippen LogP contribution in [0.4, 0.5) is 15.9 Å². The molecule has 3 heterocycles. The van der Waals surface area contributed by atoms with Gasteiger partial charge in [-0.25, -0.2) is 19.3 Å². The molecule has 0 bridgehead atoms. The highest BCUT2D eigenvalue weighted by Gasteiger charge is 2.19. The summed E-state index contributed by atoms with van der Waals surface area (Å²) in [5.74, 6) is 0.906. The number of thiazole rings is 1. The normalized spacial score (nSPS) is 14.5. The van der Waals surface area contributed by atoms with E-state index in [1.165, 1.54) is 17.4 Å². The third-order valence-electron chi connectivity index (χ3n) is 5.62. The first-order valence-electron chi connectivity index (χ1n) is 10.9. The monoisotopic (exact) mass is 470 g/mol. The van der Waals surface area contributed by atoms with Gasteiger partial charge >= 0.3 is 0 Å². The number of carbonyl (C=O) groups excluding carboxylic acids is 1. The van der Waals surface area contributed by atoms with Gasteiger partial charge in [-0.3, -0.25) is 9.69 Å². The summed E-state index contributed by atoms with van der Waals surface area (Å²) in [5, 5.41) is 12.7. The molecule has 1 fully saturated rings. The summed E-state index contributed by atoms with van der Waals surface area (Å²) in [7, 11) is 0. The first kappa shape index (κ1) is 23.2. The average molecular weight is 471 g/mol. The Bertz CT molecular complexity index is 1130. The number of anilines is 2. The molecule has 4 rings (SSSR count). The van der Waals surface area contributed by atoms with Crippen LogP contribution in [0.25, 0.3) is 0 Å². The Morgan fingerprint density at radius 3 is 2.76 bits per heavy atom. The summed E-state index contributed by atoms with van der Waals surface area (Å²) >= 11 is 1.30. The molecule has 8 nitrogen and oxygen atoms in total. The summed E-state index contributed by atoms with van der Waals surface area (Å²) in [6.45, 7) is 7.83. The quantitative estimate of drug-likeness (QED) is 0.548. The lowest BCUT2D eigenvalue weighted by molar-refractivity contribution is 0.103. The molecule has 1 amide bonds. The second-order valence-electron chi connectivity index (χ2n) is 7.98. The number of nitrogens with one attached hydrogen (secondary N) is 1. The predicted octanol–water partition coefficient (Wildman–Crippen LogP) is 2.65. The lowest BCUT2D eigenvalue weighted by Gasteiger charge is -2.35. The standard InChI is InChI=1S/C23H27FN6O2S/c1-15-18(24)4-3-5-19(15)28-23(32)20-14-25-22(33-20)13-17-12-21(27-16(2)26-17)30-8-6-29(7-9-30)10-11-31/h3-5,12,14,31H,6-11,13H2,1-2H3,(H,28,32). The van der Waals surface area contributed by atoms with Gasteiger partial charge in [0, 0.05) is 56.5 Å². The number of benzene rings is 1. The van der Waals surface area contributed by atoms with E-state index in [1.807, 2.05) is 13.0 Å². The highest BCUT2D eigenvalue weighted by atomic mass is 32.1. The molecule has 10 heteroatoms. The number of amides is 1. The Kier molecular flexibility index (Phi) is 7.26. The van der Waals surface area contributed by atoms with Gasteiger partial charge in [0.15, 0.2) is 0 Å². The maximum Gasteiger partial charge on any atom is 0.267 e. The minimum atomic E-state index is -0.359. The van der Waals surface area contributed by atoms with Crippen LogP contribution in [0.5, 0.6) is 0 Å². The van der Waals surface area contributed by atoms with Crippen molar-refractivity contribution in [2.45, 2.75) is 20.3 Å². The van der Waals surface area contributed by atoms with E-state index in [2.05, 4.69) is 30.1 Å². The van der Waals surface area contributed by atoms with Gasteiger partial charge in [0.1, 0.15) is 22.3 Å². The molecule has 1 saturated heterocycles. The van der Waals surface area contributed by atoms with Crippen LogP contribution < -0.4 is 10.2 Å². The molecule has 33 heavy (non-hydrogen) atoms. The van der Waals surface area contributed by atoms with Crippen molar-refractivity contribution in [3.63, 3.8) is 0 Å². The van der Waals surface area contributed by atoms with Crippen molar-refractivity contribution in [2.24, 2.45) is 0 Å². The van der Waals surface area contributed by atoms with Crippen LogP contribution in [0.1, 0.15) is 31.8 Å². The van der Waals surface area contributed by atoms with E-state index in [0.29, 0.717) is 34.9 Å². The molecule has 174 valence electrons. The summed E-state index contributed by atoms with van der Waals surface area (Å²) in [6, 6.07) is 6.58. The second-order valence-corrected chi connectivity index (χ2v) is 9.09. The van der Waals surface area contributed by atoms with E-state index < -0.39 is 0 Å². The zero-order valence-corrected chi connectivity index (χ0v) is 19.5. The van der Waals surface area contributed by atoms with Crippen molar-refractivity contribution in [3.8, 4) is 0 Å². The van der Waals surface area contributed by atoms with E-state index in [1.54, 1.807) is 25.3 Å². The summed E-state index contributed by atoms with van der Waals surface area (Å²) in [4.78, 5) is 31.1. The molecule has 0 spiro atoms. The van der Waals surface area contributed by atoms with Crippen molar-refractivity contribution in [3.05, 3.63) is 63.2 Å². The number of carbonyl (C=O) groups is 1. The average Bonchev–Trinajstić information content (AvgIpc) is 3.26. The highest BCUT2D eigenvalue weighted by Crippen LogP contribution is 2.22. The smallest absolute Gasteiger partial charge is 0.267 e. The summed E-state index contributed by atoms with van der Waals surface area (Å²) in [5.41, 5.74) is 1.69.